The van der Waals surface area contributed by atoms with Crippen LogP contribution in [0.15, 0.2) is 67.1 Å². The number of anilines is 2. The maximum atomic E-state index is 13.2. The van der Waals surface area contributed by atoms with E-state index >= 15 is 0 Å². The first-order chi connectivity index (χ1) is 16.0. The molecule has 0 radical (unpaired) electrons. The van der Waals surface area contributed by atoms with E-state index in [1.807, 2.05) is 0 Å². The average molecular weight is 486 g/mol. The molecular formula is C21H13F7N4O2. The van der Waals surface area contributed by atoms with Gasteiger partial charge in [-0.25, -0.2) is 9.97 Å². The second-order valence-corrected chi connectivity index (χ2v) is 6.81. The number of nitrogens with zero attached hydrogens (tertiary/aromatic N) is 3. The Balaban J connectivity index is 1.63. The van der Waals surface area contributed by atoms with E-state index < -0.39 is 30.4 Å². The normalized spacial score (nSPS) is 12.2. The third kappa shape index (κ3) is 5.13. The summed E-state index contributed by atoms with van der Waals surface area (Å²) in [5.74, 6) is -0.758. The molecule has 4 aromatic rings. The quantitative estimate of drug-likeness (QED) is 0.312. The van der Waals surface area contributed by atoms with Crippen molar-refractivity contribution in [1.29, 1.82) is 0 Å². The molecule has 0 unspecified atom stereocenters. The molecule has 0 aliphatic carbocycles. The van der Waals surface area contributed by atoms with Gasteiger partial charge in [0.05, 0.1) is 11.9 Å². The molecule has 178 valence electrons. The van der Waals surface area contributed by atoms with Gasteiger partial charge in [-0.1, -0.05) is 18.2 Å². The Morgan fingerprint density at radius 1 is 0.882 bits per heavy atom. The molecule has 2 aromatic carbocycles. The number of hydrogen-bond donors (Lipinski definition) is 1. The average Bonchev–Trinajstić information content (AvgIpc) is 3.18. The van der Waals surface area contributed by atoms with Gasteiger partial charge in [-0.2, -0.15) is 17.6 Å². The van der Waals surface area contributed by atoms with Gasteiger partial charge in [-0.3, -0.25) is 4.40 Å². The largest absolute Gasteiger partial charge is 0.573 e. The Morgan fingerprint density at radius 2 is 1.59 bits per heavy atom. The molecule has 0 atom stereocenters. The first-order valence-electron chi connectivity index (χ1n) is 9.42. The molecule has 0 bridgehead atoms. The highest BCUT2D eigenvalue weighted by molar-refractivity contribution is 5.74. The maximum Gasteiger partial charge on any atom is 0.573 e. The zero-order valence-corrected chi connectivity index (χ0v) is 16.7. The third-order valence-electron chi connectivity index (χ3n) is 4.40. The molecule has 34 heavy (non-hydrogen) atoms. The molecule has 0 aliphatic rings. The van der Waals surface area contributed by atoms with Crippen LogP contribution in [-0.4, -0.2) is 33.3 Å². The van der Waals surface area contributed by atoms with Crippen molar-refractivity contribution in [3.63, 3.8) is 0 Å². The number of ether oxygens (including phenoxy) is 2. The van der Waals surface area contributed by atoms with Crippen molar-refractivity contribution in [2.45, 2.75) is 18.9 Å². The van der Waals surface area contributed by atoms with Crippen LogP contribution in [0.4, 0.5) is 42.2 Å². The highest BCUT2D eigenvalue weighted by atomic mass is 19.4. The monoisotopic (exact) mass is 486 g/mol. The molecule has 2 heterocycles. The van der Waals surface area contributed by atoms with E-state index in [-0.39, 0.29) is 17.2 Å². The molecule has 0 spiro atoms. The summed E-state index contributed by atoms with van der Waals surface area (Å²) in [6.07, 6.45) is -9.24. The topological polar surface area (TPSA) is 60.7 Å². The zero-order chi connectivity index (χ0) is 24.5. The number of fused-ring (bicyclic) bond motifs is 1. The van der Waals surface area contributed by atoms with E-state index in [2.05, 4.69) is 24.8 Å². The smallest absolute Gasteiger partial charge is 0.428 e. The molecule has 4 rings (SSSR count). The Hall–Kier alpha value is -4.03. The lowest BCUT2D eigenvalue weighted by molar-refractivity contribution is -0.274. The van der Waals surface area contributed by atoms with Gasteiger partial charge < -0.3 is 14.8 Å². The van der Waals surface area contributed by atoms with Gasteiger partial charge >= 0.3 is 18.9 Å². The summed E-state index contributed by atoms with van der Waals surface area (Å²) in [5.41, 5.74) is 1.23. The molecule has 2 aromatic heterocycles. The van der Waals surface area contributed by atoms with Crippen LogP contribution < -0.4 is 14.8 Å². The van der Waals surface area contributed by atoms with Crippen LogP contribution in [0, 0.1) is 0 Å². The highest BCUT2D eigenvalue weighted by Gasteiger charge is 2.44. The summed E-state index contributed by atoms with van der Waals surface area (Å²) < 4.78 is 98.4. The van der Waals surface area contributed by atoms with Gasteiger partial charge in [0, 0.05) is 29.7 Å². The standard InChI is InChI=1S/C21H13F7N4O2/c22-19(23)20(24,25)33-15-6-2-4-13(10-15)31-17-18-30-11-16(32(18)8-7-29-17)12-3-1-5-14(9-12)34-21(26,27)28/h1-11,19H,(H,29,31). The summed E-state index contributed by atoms with van der Waals surface area (Å²) in [5, 5.41) is 2.83. The number of halogens is 7. The number of imidazole rings is 1. The van der Waals surface area contributed by atoms with Gasteiger partial charge in [0.1, 0.15) is 11.5 Å². The number of rotatable bonds is 7. The summed E-state index contributed by atoms with van der Waals surface area (Å²) in [7, 11) is 0. The first kappa shape index (κ1) is 23.1. The fourth-order valence-electron chi connectivity index (χ4n) is 3.05. The Labute approximate surface area is 186 Å². The maximum absolute atomic E-state index is 13.2. The van der Waals surface area contributed by atoms with Crippen molar-refractivity contribution < 1.29 is 40.2 Å². The number of hydrogen-bond acceptors (Lipinski definition) is 5. The lowest BCUT2D eigenvalue weighted by Crippen LogP contribution is -2.33. The molecule has 0 saturated heterocycles. The number of benzene rings is 2. The van der Waals surface area contributed by atoms with Crippen molar-refractivity contribution in [1.82, 2.24) is 14.4 Å². The van der Waals surface area contributed by atoms with E-state index in [1.54, 1.807) is 6.07 Å². The van der Waals surface area contributed by atoms with Crippen molar-refractivity contribution in [3.8, 4) is 22.8 Å². The van der Waals surface area contributed by atoms with Crippen LogP contribution >= 0.6 is 0 Å². The lowest BCUT2D eigenvalue weighted by Gasteiger charge is -2.17. The summed E-state index contributed by atoms with van der Waals surface area (Å²) in [4.78, 5) is 8.36. The first-order valence-corrected chi connectivity index (χ1v) is 9.42. The van der Waals surface area contributed by atoms with E-state index in [4.69, 9.17) is 0 Å². The Bertz CT molecular complexity index is 1310. The molecule has 0 amide bonds. The summed E-state index contributed by atoms with van der Waals surface area (Å²) in [6, 6.07) is 10.2. The van der Waals surface area contributed by atoms with E-state index in [0.29, 0.717) is 11.3 Å². The van der Waals surface area contributed by atoms with Crippen molar-refractivity contribution >= 4 is 17.2 Å². The molecule has 13 heteroatoms. The van der Waals surface area contributed by atoms with Gasteiger partial charge in [-0.15, -0.1) is 13.2 Å². The molecule has 0 aliphatic heterocycles. The van der Waals surface area contributed by atoms with Gasteiger partial charge in [0.15, 0.2) is 11.5 Å². The minimum absolute atomic E-state index is 0.161. The fourth-order valence-corrected chi connectivity index (χ4v) is 3.05. The van der Waals surface area contributed by atoms with Crippen LogP contribution in [-0.2, 0) is 0 Å². The number of aromatic nitrogens is 3. The highest BCUT2D eigenvalue weighted by Crippen LogP contribution is 2.32. The minimum Gasteiger partial charge on any atom is -0.428 e. The van der Waals surface area contributed by atoms with E-state index in [1.165, 1.54) is 47.3 Å². The van der Waals surface area contributed by atoms with E-state index in [0.717, 1.165) is 18.2 Å². The predicted octanol–water partition coefficient (Wildman–Crippen LogP) is 6.28. The van der Waals surface area contributed by atoms with Gasteiger partial charge in [0.25, 0.3) is 0 Å². The molecule has 0 fully saturated rings. The van der Waals surface area contributed by atoms with Crippen molar-refractivity contribution in [3.05, 3.63) is 67.1 Å². The predicted molar refractivity (Wildman–Crippen MR) is 106 cm³/mol. The summed E-state index contributed by atoms with van der Waals surface area (Å²) in [6.45, 7) is 0. The van der Waals surface area contributed by atoms with Crippen molar-refractivity contribution in [2.24, 2.45) is 0 Å². The van der Waals surface area contributed by atoms with Gasteiger partial charge in [-0.05, 0) is 24.3 Å². The number of nitrogens with one attached hydrogen (secondary N) is 1. The van der Waals surface area contributed by atoms with Crippen LogP contribution in [0.2, 0.25) is 0 Å². The number of alkyl halides is 7. The second kappa shape index (κ2) is 8.72. The van der Waals surface area contributed by atoms with Crippen LogP contribution in [0.3, 0.4) is 0 Å². The molecular weight excluding hydrogens is 473 g/mol. The van der Waals surface area contributed by atoms with Crippen LogP contribution in [0.25, 0.3) is 16.9 Å². The van der Waals surface area contributed by atoms with Crippen molar-refractivity contribution in [2.75, 3.05) is 5.32 Å². The SMILES string of the molecule is FC(F)C(F)(F)Oc1cccc(Nc2nccn3c(-c4cccc(OC(F)(F)F)c4)cnc23)c1. The van der Waals surface area contributed by atoms with Gasteiger partial charge in [0.2, 0.25) is 0 Å². The Kier molecular flexibility index (Phi) is 5.94. The zero-order valence-electron chi connectivity index (χ0n) is 16.7. The minimum atomic E-state index is -4.85. The molecule has 6 nitrogen and oxygen atoms in total. The fraction of sp³-hybridized carbons (Fsp3) is 0.143. The lowest BCUT2D eigenvalue weighted by atomic mass is 10.1. The second-order valence-electron chi connectivity index (χ2n) is 6.81. The Morgan fingerprint density at radius 3 is 2.29 bits per heavy atom. The van der Waals surface area contributed by atoms with E-state index in [9.17, 15) is 30.7 Å². The molecule has 0 saturated carbocycles. The third-order valence-corrected chi connectivity index (χ3v) is 4.40. The summed E-state index contributed by atoms with van der Waals surface area (Å²) >= 11 is 0. The van der Waals surface area contributed by atoms with Crippen LogP contribution in [0.5, 0.6) is 11.5 Å². The van der Waals surface area contributed by atoms with Crippen LogP contribution in [0.1, 0.15) is 0 Å². The molecule has 1 N–H and O–H groups in total.